The van der Waals surface area contributed by atoms with Crippen molar-refractivity contribution < 1.29 is 9.21 Å². The number of hydrogen-bond acceptors (Lipinski definition) is 5. The van der Waals surface area contributed by atoms with E-state index in [1.54, 1.807) is 35.9 Å². The normalized spacial score (nSPS) is 10.9. The Labute approximate surface area is 148 Å². The van der Waals surface area contributed by atoms with Gasteiger partial charge in [0.15, 0.2) is 16.5 Å². The Morgan fingerprint density at radius 1 is 1.12 bits per heavy atom. The summed E-state index contributed by atoms with van der Waals surface area (Å²) in [4.78, 5) is 20.8. The zero-order valence-electron chi connectivity index (χ0n) is 13.3. The highest BCUT2D eigenvalue weighted by atomic mass is 32.1. The Morgan fingerprint density at radius 2 is 2.04 bits per heavy atom. The van der Waals surface area contributed by atoms with Crippen LogP contribution in [0.3, 0.4) is 0 Å². The van der Waals surface area contributed by atoms with Crippen LogP contribution in [-0.2, 0) is 6.42 Å². The van der Waals surface area contributed by atoms with E-state index in [4.69, 9.17) is 4.42 Å². The number of pyridine rings is 1. The highest BCUT2D eigenvalue weighted by molar-refractivity contribution is 7.21. The van der Waals surface area contributed by atoms with E-state index < -0.39 is 0 Å². The van der Waals surface area contributed by atoms with E-state index >= 15 is 0 Å². The Hall–Kier alpha value is -2.99. The fourth-order valence-electron chi connectivity index (χ4n) is 2.51. The van der Waals surface area contributed by atoms with Gasteiger partial charge < -0.3 is 9.73 Å². The predicted octanol–water partition coefficient (Wildman–Crippen LogP) is 3.92. The minimum atomic E-state index is -0.226. The Bertz CT molecular complexity index is 975. The summed E-state index contributed by atoms with van der Waals surface area (Å²) < 4.78 is 6.78. The SMILES string of the molecule is O=C(NCCc1cccnc1)c1ccc(-c2nc3ccccc3s2)o1. The van der Waals surface area contributed by atoms with Gasteiger partial charge in [-0.05, 0) is 42.3 Å². The molecule has 4 rings (SSSR count). The van der Waals surface area contributed by atoms with Crippen LogP contribution >= 0.6 is 11.3 Å². The molecule has 4 aromatic rings. The number of furan rings is 1. The second-order valence-corrected chi connectivity index (χ2v) is 6.55. The smallest absolute Gasteiger partial charge is 0.287 e. The molecule has 0 aliphatic heterocycles. The van der Waals surface area contributed by atoms with Crippen molar-refractivity contribution in [2.45, 2.75) is 6.42 Å². The van der Waals surface area contributed by atoms with Gasteiger partial charge in [0.2, 0.25) is 0 Å². The molecule has 0 aliphatic rings. The lowest BCUT2D eigenvalue weighted by Crippen LogP contribution is -2.25. The number of aromatic nitrogens is 2. The van der Waals surface area contributed by atoms with E-state index in [1.807, 2.05) is 36.4 Å². The van der Waals surface area contributed by atoms with E-state index in [1.165, 1.54) is 0 Å². The summed E-state index contributed by atoms with van der Waals surface area (Å²) in [5.41, 5.74) is 2.01. The van der Waals surface area contributed by atoms with Crippen LogP contribution in [0.2, 0.25) is 0 Å². The van der Waals surface area contributed by atoms with Crippen molar-refractivity contribution in [3.05, 3.63) is 72.2 Å². The van der Waals surface area contributed by atoms with Gasteiger partial charge in [-0.25, -0.2) is 4.98 Å². The van der Waals surface area contributed by atoms with Crippen LogP contribution in [0.1, 0.15) is 16.1 Å². The highest BCUT2D eigenvalue weighted by Crippen LogP contribution is 2.31. The first-order valence-corrected chi connectivity index (χ1v) is 8.74. The molecule has 5 nitrogen and oxygen atoms in total. The van der Waals surface area contributed by atoms with Gasteiger partial charge in [-0.2, -0.15) is 0 Å². The van der Waals surface area contributed by atoms with Crippen LogP contribution in [0.15, 0.2) is 65.3 Å². The minimum absolute atomic E-state index is 0.226. The lowest BCUT2D eigenvalue weighted by atomic mass is 10.2. The van der Waals surface area contributed by atoms with E-state index in [-0.39, 0.29) is 5.91 Å². The molecule has 0 bridgehead atoms. The first kappa shape index (κ1) is 15.5. The number of carbonyl (C=O) groups is 1. The molecular formula is C19H15N3O2S. The van der Waals surface area contributed by atoms with Gasteiger partial charge in [0.1, 0.15) is 0 Å². The molecule has 0 fully saturated rings. The van der Waals surface area contributed by atoms with Crippen LogP contribution in [0, 0.1) is 0 Å². The van der Waals surface area contributed by atoms with Crippen molar-refractivity contribution in [2.24, 2.45) is 0 Å². The summed E-state index contributed by atoms with van der Waals surface area (Å²) >= 11 is 1.55. The first-order chi connectivity index (χ1) is 12.3. The van der Waals surface area contributed by atoms with Crippen molar-refractivity contribution >= 4 is 27.5 Å². The summed E-state index contributed by atoms with van der Waals surface area (Å²) in [6.07, 6.45) is 4.25. The Balaban J connectivity index is 1.42. The van der Waals surface area contributed by atoms with E-state index in [0.717, 1.165) is 27.2 Å². The quantitative estimate of drug-likeness (QED) is 0.593. The summed E-state index contributed by atoms with van der Waals surface area (Å²) in [5, 5.41) is 3.64. The molecule has 0 radical (unpaired) electrons. The summed E-state index contributed by atoms with van der Waals surface area (Å²) in [6.45, 7) is 0.529. The predicted molar refractivity (Wildman–Crippen MR) is 97.6 cm³/mol. The summed E-state index contributed by atoms with van der Waals surface area (Å²) in [7, 11) is 0. The molecule has 6 heteroatoms. The van der Waals surface area contributed by atoms with Crippen LogP contribution in [0.4, 0.5) is 0 Å². The van der Waals surface area contributed by atoms with Crippen molar-refractivity contribution in [1.29, 1.82) is 0 Å². The number of para-hydroxylation sites is 1. The van der Waals surface area contributed by atoms with Gasteiger partial charge >= 0.3 is 0 Å². The lowest BCUT2D eigenvalue weighted by molar-refractivity contribution is 0.0927. The molecule has 0 aliphatic carbocycles. The number of rotatable bonds is 5. The zero-order valence-corrected chi connectivity index (χ0v) is 14.1. The van der Waals surface area contributed by atoms with Gasteiger partial charge in [-0.1, -0.05) is 18.2 Å². The van der Waals surface area contributed by atoms with Crippen molar-refractivity contribution in [1.82, 2.24) is 15.3 Å². The average molecular weight is 349 g/mol. The molecule has 0 unspecified atom stereocenters. The maximum atomic E-state index is 12.2. The highest BCUT2D eigenvalue weighted by Gasteiger charge is 2.14. The molecule has 3 heterocycles. The van der Waals surface area contributed by atoms with Gasteiger partial charge in [0.25, 0.3) is 5.91 Å². The van der Waals surface area contributed by atoms with Crippen LogP contribution in [-0.4, -0.2) is 22.4 Å². The van der Waals surface area contributed by atoms with Gasteiger partial charge in [0.05, 0.1) is 10.2 Å². The molecular weight excluding hydrogens is 334 g/mol. The number of hydrogen-bond donors (Lipinski definition) is 1. The number of amides is 1. The lowest BCUT2D eigenvalue weighted by Gasteiger charge is -2.02. The number of fused-ring (bicyclic) bond motifs is 1. The fraction of sp³-hybridized carbons (Fsp3) is 0.105. The Morgan fingerprint density at radius 3 is 2.88 bits per heavy atom. The maximum Gasteiger partial charge on any atom is 0.287 e. The summed E-state index contributed by atoms with van der Waals surface area (Å²) in [5.74, 6) is 0.676. The largest absolute Gasteiger partial charge is 0.448 e. The molecule has 0 saturated carbocycles. The molecule has 124 valence electrons. The zero-order chi connectivity index (χ0) is 17.1. The van der Waals surface area contributed by atoms with Crippen molar-refractivity contribution in [3.63, 3.8) is 0 Å². The molecule has 0 atom stereocenters. The first-order valence-electron chi connectivity index (χ1n) is 7.92. The second kappa shape index (κ2) is 6.86. The van der Waals surface area contributed by atoms with Gasteiger partial charge in [0, 0.05) is 18.9 Å². The molecule has 1 aromatic carbocycles. The molecule has 3 aromatic heterocycles. The molecule has 1 amide bonds. The monoisotopic (exact) mass is 349 g/mol. The minimum Gasteiger partial charge on any atom is -0.448 e. The second-order valence-electron chi connectivity index (χ2n) is 5.52. The summed E-state index contributed by atoms with van der Waals surface area (Å²) in [6, 6.07) is 15.2. The molecule has 25 heavy (non-hydrogen) atoms. The number of nitrogens with zero attached hydrogens (tertiary/aromatic N) is 2. The number of carbonyl (C=O) groups excluding carboxylic acids is 1. The third-order valence-electron chi connectivity index (χ3n) is 3.76. The standard InChI is InChI=1S/C19H15N3O2S/c23-18(21-11-9-13-4-3-10-20-12-13)15-7-8-16(24-15)19-22-14-5-1-2-6-17(14)25-19/h1-8,10,12H,9,11H2,(H,21,23). The fourth-order valence-corrected chi connectivity index (χ4v) is 3.43. The average Bonchev–Trinajstić information content (AvgIpc) is 3.29. The van der Waals surface area contributed by atoms with E-state index in [0.29, 0.717) is 18.1 Å². The van der Waals surface area contributed by atoms with E-state index in [9.17, 15) is 4.79 Å². The third kappa shape index (κ3) is 3.44. The maximum absolute atomic E-state index is 12.2. The van der Waals surface area contributed by atoms with Crippen LogP contribution in [0.25, 0.3) is 21.0 Å². The van der Waals surface area contributed by atoms with E-state index in [2.05, 4.69) is 15.3 Å². The van der Waals surface area contributed by atoms with Crippen molar-refractivity contribution in [3.8, 4) is 10.8 Å². The number of nitrogens with one attached hydrogen (secondary N) is 1. The Kier molecular flexibility index (Phi) is 4.26. The van der Waals surface area contributed by atoms with Crippen molar-refractivity contribution in [2.75, 3.05) is 6.54 Å². The molecule has 0 spiro atoms. The number of thiazole rings is 1. The third-order valence-corrected chi connectivity index (χ3v) is 4.81. The van der Waals surface area contributed by atoms with Crippen LogP contribution < -0.4 is 5.32 Å². The van der Waals surface area contributed by atoms with Gasteiger partial charge in [-0.15, -0.1) is 11.3 Å². The topological polar surface area (TPSA) is 68.0 Å². The van der Waals surface area contributed by atoms with Crippen LogP contribution in [0.5, 0.6) is 0 Å². The number of benzene rings is 1. The molecule has 1 N–H and O–H groups in total. The van der Waals surface area contributed by atoms with Gasteiger partial charge in [-0.3, -0.25) is 9.78 Å². The molecule has 0 saturated heterocycles.